The summed E-state index contributed by atoms with van der Waals surface area (Å²) < 4.78 is 16.8. The maximum Gasteiger partial charge on any atom is 0.338 e. The molecule has 49 heavy (non-hydrogen) atoms. The van der Waals surface area contributed by atoms with Gasteiger partial charge in [-0.15, -0.1) is 11.8 Å². The zero-order chi connectivity index (χ0) is 34.0. The van der Waals surface area contributed by atoms with Crippen LogP contribution < -0.4 is 19.2 Å². The minimum atomic E-state index is -0.464. The maximum absolute atomic E-state index is 14.1. The van der Waals surface area contributed by atoms with E-state index in [2.05, 4.69) is 4.98 Å². The van der Waals surface area contributed by atoms with Crippen LogP contribution >= 0.6 is 23.1 Å². The van der Waals surface area contributed by atoms with Crippen molar-refractivity contribution in [2.75, 3.05) is 38.3 Å². The molecule has 256 valence electrons. The predicted molar refractivity (Wildman–Crippen MR) is 182 cm³/mol. The van der Waals surface area contributed by atoms with Crippen molar-refractivity contribution in [1.82, 2.24) is 9.88 Å². The number of thioether (sulfide) groups is 1. The number of nitrogens with zero attached hydrogens (tertiary/aromatic N) is 2. The summed E-state index contributed by atoms with van der Waals surface area (Å²) in [6.45, 7) is 3.41. The zero-order valence-electron chi connectivity index (χ0n) is 27.2. The lowest BCUT2D eigenvalue weighted by Gasteiger charge is -2.43. The van der Waals surface area contributed by atoms with Crippen molar-refractivity contribution in [2.24, 2.45) is 29.6 Å². The Hall–Kier alpha value is -4.10. The number of hydrogen-bond acceptors (Lipinski definition) is 10. The average Bonchev–Trinajstić information content (AvgIpc) is 3.86. The average molecular weight is 704 g/mol. The van der Waals surface area contributed by atoms with Crippen LogP contribution in [0.15, 0.2) is 52.3 Å². The first-order valence-electron chi connectivity index (χ1n) is 16.9. The number of carbonyl (C=O) groups is 4. The van der Waals surface area contributed by atoms with Gasteiger partial charge in [0.15, 0.2) is 18.1 Å². The van der Waals surface area contributed by atoms with Crippen LogP contribution in [-0.4, -0.2) is 72.2 Å². The Labute approximate surface area is 291 Å². The Morgan fingerprint density at radius 1 is 0.939 bits per heavy atom. The lowest BCUT2D eigenvalue weighted by molar-refractivity contribution is -0.134. The van der Waals surface area contributed by atoms with Crippen molar-refractivity contribution < 1.29 is 33.4 Å². The fourth-order valence-corrected chi connectivity index (χ4v) is 11.9. The molecule has 4 heterocycles. The van der Waals surface area contributed by atoms with Gasteiger partial charge in [0, 0.05) is 29.1 Å². The van der Waals surface area contributed by atoms with Crippen LogP contribution in [0.25, 0.3) is 0 Å². The first-order chi connectivity index (χ1) is 23.8. The normalized spacial score (nSPS) is 28.2. The van der Waals surface area contributed by atoms with E-state index in [1.54, 1.807) is 50.1 Å². The minimum absolute atomic E-state index is 0.00949. The molecule has 2 saturated carbocycles. The molecule has 3 amide bonds. The second kappa shape index (κ2) is 12.7. The standard InChI is InChI=1S/C36H37N3O8S2/c1-3-46-35(43)18-7-10-20(11-8-18)39-33(41)28-21-16-22(29(28)34(39)42)30-27(21)26(31-32(48-30)37-36(44)49-31)19-9-12-23(24(15-19)45-2)47-17-25(40)38-13-5-4-6-14-38/h7-12,15,21-22,26-30H,3-6,13-14,16-17H2,1-2H3,(H,37,44)/t21-,22-,26+,27-,28+,29+,30-/m1/s1. The van der Waals surface area contributed by atoms with Crippen molar-refractivity contribution in [3.8, 4) is 11.5 Å². The molecule has 2 aliphatic carbocycles. The number of thiazole rings is 1. The molecule has 0 radical (unpaired) electrons. The summed E-state index contributed by atoms with van der Waals surface area (Å²) in [5.41, 5.74) is 1.74. The molecule has 7 atom stereocenters. The second-order valence-corrected chi connectivity index (χ2v) is 15.6. The summed E-state index contributed by atoms with van der Waals surface area (Å²) in [5.74, 6) is -1.13. The van der Waals surface area contributed by atoms with Gasteiger partial charge >= 0.3 is 10.8 Å². The van der Waals surface area contributed by atoms with Gasteiger partial charge in [-0.1, -0.05) is 17.4 Å². The lowest BCUT2D eigenvalue weighted by Crippen LogP contribution is -2.42. The Morgan fingerprint density at radius 3 is 2.39 bits per heavy atom. The predicted octanol–water partition coefficient (Wildman–Crippen LogP) is 4.69. The van der Waals surface area contributed by atoms with Crippen molar-refractivity contribution >= 4 is 52.5 Å². The summed E-state index contributed by atoms with van der Waals surface area (Å²) >= 11 is 2.82. The molecule has 11 nitrogen and oxygen atoms in total. The largest absolute Gasteiger partial charge is 0.493 e. The molecule has 2 aromatic carbocycles. The van der Waals surface area contributed by atoms with Crippen molar-refractivity contribution in [3.63, 3.8) is 0 Å². The SMILES string of the molecule is CCOC(=O)c1ccc(N2C(=O)[C@H]3[C@H]4C[C@@H]([C@@H]3C2=O)[C@@H]2[C@H](c3ccc(OCC(=O)N5CCCCC5)c(OC)c3)c3sc(=O)[nH]c3S[C@H]42)cc1. The van der Waals surface area contributed by atoms with E-state index in [4.69, 9.17) is 14.2 Å². The third kappa shape index (κ3) is 5.27. The van der Waals surface area contributed by atoms with Gasteiger partial charge < -0.3 is 24.1 Å². The van der Waals surface area contributed by atoms with Crippen LogP contribution in [0.5, 0.6) is 11.5 Å². The van der Waals surface area contributed by atoms with Gasteiger partial charge in [-0.25, -0.2) is 4.79 Å². The summed E-state index contributed by atoms with van der Waals surface area (Å²) in [6, 6.07) is 12.2. The monoisotopic (exact) mass is 703 g/mol. The number of H-pyrrole nitrogens is 1. The molecule has 1 aromatic heterocycles. The van der Waals surface area contributed by atoms with Gasteiger partial charge in [-0.3, -0.25) is 24.1 Å². The molecule has 0 spiro atoms. The Balaban J connectivity index is 1.08. The number of anilines is 1. The molecule has 1 N–H and O–H groups in total. The molecule has 0 unspecified atom stereocenters. The number of esters is 1. The molecule has 2 bridgehead atoms. The molecule has 5 aliphatic rings. The van der Waals surface area contributed by atoms with Gasteiger partial charge in [-0.05, 0) is 92.3 Å². The van der Waals surface area contributed by atoms with E-state index in [0.29, 0.717) is 22.7 Å². The minimum Gasteiger partial charge on any atom is -0.493 e. The van der Waals surface area contributed by atoms with Gasteiger partial charge in [0.25, 0.3) is 5.91 Å². The smallest absolute Gasteiger partial charge is 0.338 e. The van der Waals surface area contributed by atoms with Crippen LogP contribution in [0.2, 0.25) is 0 Å². The summed E-state index contributed by atoms with van der Waals surface area (Å²) in [4.78, 5) is 72.8. The summed E-state index contributed by atoms with van der Waals surface area (Å²) in [7, 11) is 1.57. The number of ether oxygens (including phenoxy) is 3. The quantitative estimate of drug-likeness (QED) is 0.262. The maximum atomic E-state index is 14.1. The number of hydrogen-bond donors (Lipinski definition) is 1. The molecule has 2 saturated heterocycles. The number of benzene rings is 2. The lowest BCUT2D eigenvalue weighted by atomic mass is 9.68. The molecule has 13 heteroatoms. The number of piperidine rings is 1. The van der Waals surface area contributed by atoms with Gasteiger partial charge in [0.1, 0.15) is 0 Å². The van der Waals surface area contributed by atoms with E-state index >= 15 is 0 Å². The highest BCUT2D eigenvalue weighted by atomic mass is 32.2. The van der Waals surface area contributed by atoms with Crippen molar-refractivity contribution in [3.05, 3.63) is 68.1 Å². The van der Waals surface area contributed by atoms with Gasteiger partial charge in [0.05, 0.1) is 41.8 Å². The second-order valence-electron chi connectivity index (χ2n) is 13.4. The number of carbonyl (C=O) groups excluding carboxylic acids is 4. The van der Waals surface area contributed by atoms with Gasteiger partial charge in [0.2, 0.25) is 11.8 Å². The number of aromatic nitrogens is 1. The summed E-state index contributed by atoms with van der Waals surface area (Å²) in [5, 5.41) is 0.848. The number of methoxy groups -OCH3 is 1. The fraction of sp³-hybridized carbons (Fsp3) is 0.472. The fourth-order valence-electron chi connectivity index (χ4n) is 8.98. The van der Waals surface area contributed by atoms with E-state index in [0.717, 1.165) is 54.2 Å². The van der Waals surface area contributed by atoms with E-state index in [-0.39, 0.29) is 64.7 Å². The first kappa shape index (κ1) is 32.1. The molecule has 4 fully saturated rings. The van der Waals surface area contributed by atoms with Crippen LogP contribution in [0.4, 0.5) is 5.69 Å². The third-order valence-electron chi connectivity index (χ3n) is 11.0. The summed E-state index contributed by atoms with van der Waals surface area (Å²) in [6.07, 6.45) is 3.91. The Morgan fingerprint density at radius 2 is 1.67 bits per heavy atom. The van der Waals surface area contributed by atoms with Crippen molar-refractivity contribution in [2.45, 2.75) is 48.8 Å². The van der Waals surface area contributed by atoms with Crippen LogP contribution in [0.3, 0.4) is 0 Å². The number of nitrogens with one attached hydrogen (secondary N) is 1. The van der Waals surface area contributed by atoms with Gasteiger partial charge in [-0.2, -0.15) is 0 Å². The van der Waals surface area contributed by atoms with Crippen molar-refractivity contribution in [1.29, 1.82) is 0 Å². The molecular formula is C36H37N3O8S2. The number of amides is 3. The van der Waals surface area contributed by atoms with E-state index in [1.807, 2.05) is 23.1 Å². The molecule has 8 rings (SSSR count). The Kier molecular flexibility index (Phi) is 8.30. The highest BCUT2D eigenvalue weighted by Gasteiger charge is 2.69. The third-order valence-corrected chi connectivity index (χ3v) is 13.6. The number of likely N-dealkylation sites (tertiary alicyclic amines) is 1. The van der Waals surface area contributed by atoms with E-state index in [9.17, 15) is 24.0 Å². The van der Waals surface area contributed by atoms with Crippen LogP contribution in [0.1, 0.15) is 59.3 Å². The topological polar surface area (TPSA) is 135 Å². The zero-order valence-corrected chi connectivity index (χ0v) is 28.8. The number of rotatable bonds is 8. The van der Waals surface area contributed by atoms with E-state index < -0.39 is 17.8 Å². The molecule has 3 aromatic rings. The Bertz CT molecular complexity index is 1880. The van der Waals surface area contributed by atoms with Crippen LogP contribution in [-0.2, 0) is 19.1 Å². The number of aromatic amines is 1. The molecular weight excluding hydrogens is 667 g/mol. The number of fused-ring (bicyclic) bond motifs is 9. The van der Waals surface area contributed by atoms with Crippen LogP contribution in [0, 0.1) is 29.6 Å². The molecule has 3 aliphatic heterocycles. The number of imide groups is 1. The first-order valence-corrected chi connectivity index (χ1v) is 18.6. The highest BCUT2D eigenvalue weighted by molar-refractivity contribution is 8.00. The highest BCUT2D eigenvalue weighted by Crippen LogP contribution is 2.68. The van der Waals surface area contributed by atoms with E-state index in [1.165, 1.54) is 16.2 Å².